The van der Waals surface area contributed by atoms with Gasteiger partial charge in [0.25, 0.3) is 5.69 Å². The minimum atomic E-state index is -0.721. The van der Waals surface area contributed by atoms with Crippen molar-refractivity contribution in [3.05, 3.63) is 33.9 Å². The van der Waals surface area contributed by atoms with Gasteiger partial charge < -0.3 is 20.5 Å². The molecule has 0 bridgehead atoms. The predicted octanol–water partition coefficient (Wildman–Crippen LogP) is 0.725. The number of anilines is 1. The van der Waals surface area contributed by atoms with Crippen LogP contribution in [0.4, 0.5) is 11.4 Å². The Morgan fingerprint density at radius 1 is 1.47 bits per heavy atom. The van der Waals surface area contributed by atoms with Gasteiger partial charge in [-0.3, -0.25) is 14.9 Å². The highest BCUT2D eigenvalue weighted by molar-refractivity contribution is 5.94. The summed E-state index contributed by atoms with van der Waals surface area (Å²) in [7, 11) is 2.92. The maximum Gasteiger partial charge on any atom is 0.293 e. The summed E-state index contributed by atoms with van der Waals surface area (Å²) in [5.41, 5.74) is 5.18. The predicted molar refractivity (Wildman–Crippen MR) is 67.9 cm³/mol. The van der Waals surface area contributed by atoms with Crippen LogP contribution in [-0.2, 0) is 9.47 Å². The van der Waals surface area contributed by atoms with Gasteiger partial charge in [0.15, 0.2) is 6.29 Å². The minimum Gasteiger partial charge on any atom is -0.374 e. The zero-order chi connectivity index (χ0) is 14.4. The highest BCUT2D eigenvalue weighted by Crippen LogP contribution is 2.25. The lowest BCUT2D eigenvalue weighted by Crippen LogP contribution is -2.24. The van der Waals surface area contributed by atoms with E-state index < -0.39 is 17.1 Å². The summed E-state index contributed by atoms with van der Waals surface area (Å²) in [6.07, 6.45) is -0.532. The Morgan fingerprint density at radius 2 is 2.11 bits per heavy atom. The molecule has 1 aromatic carbocycles. The Balaban J connectivity index is 2.94. The highest BCUT2D eigenvalue weighted by Gasteiger charge is 2.17. The van der Waals surface area contributed by atoms with Gasteiger partial charge in [0, 0.05) is 25.8 Å². The molecule has 0 aliphatic heterocycles. The van der Waals surface area contributed by atoms with Gasteiger partial charge in [0.2, 0.25) is 5.91 Å². The molecule has 0 atom stereocenters. The fraction of sp³-hybridized carbons (Fsp3) is 0.364. The second kappa shape index (κ2) is 6.66. The first-order valence-electron chi connectivity index (χ1n) is 5.37. The number of carbonyl (C=O) groups is 1. The number of nitro groups is 1. The monoisotopic (exact) mass is 269 g/mol. The molecule has 1 aromatic rings. The summed E-state index contributed by atoms with van der Waals surface area (Å²) in [5, 5.41) is 13.8. The van der Waals surface area contributed by atoms with E-state index in [4.69, 9.17) is 15.2 Å². The molecule has 0 saturated heterocycles. The molecular formula is C11H15N3O5. The number of ether oxygens (including phenoxy) is 2. The smallest absolute Gasteiger partial charge is 0.293 e. The molecule has 0 aromatic heterocycles. The lowest BCUT2D eigenvalue weighted by Gasteiger charge is -2.15. The van der Waals surface area contributed by atoms with Crippen molar-refractivity contribution in [2.24, 2.45) is 5.73 Å². The Kier molecular flexibility index (Phi) is 5.22. The van der Waals surface area contributed by atoms with Crippen LogP contribution in [0.3, 0.4) is 0 Å². The van der Waals surface area contributed by atoms with E-state index in [2.05, 4.69) is 5.32 Å². The number of nitrogens with zero attached hydrogens (tertiary/aromatic N) is 1. The van der Waals surface area contributed by atoms with Crippen LogP contribution in [0.2, 0.25) is 0 Å². The standard InChI is InChI=1S/C11H15N3O5/c1-18-10(19-2)6-13-8-4-3-7(11(12)15)5-9(8)14(16)17/h3-5,10,13H,6H2,1-2H3,(H2,12,15). The summed E-state index contributed by atoms with van der Waals surface area (Å²) < 4.78 is 9.91. The molecule has 1 amide bonds. The second-order valence-corrected chi connectivity index (χ2v) is 3.64. The van der Waals surface area contributed by atoms with E-state index in [0.29, 0.717) is 0 Å². The molecule has 0 aliphatic carbocycles. The van der Waals surface area contributed by atoms with E-state index in [-0.39, 0.29) is 23.5 Å². The molecule has 1 rings (SSSR count). The van der Waals surface area contributed by atoms with E-state index in [1.165, 1.54) is 26.4 Å². The molecule has 19 heavy (non-hydrogen) atoms. The van der Waals surface area contributed by atoms with Crippen LogP contribution in [0, 0.1) is 10.1 Å². The van der Waals surface area contributed by atoms with Gasteiger partial charge in [-0.2, -0.15) is 0 Å². The summed E-state index contributed by atoms with van der Waals surface area (Å²) in [4.78, 5) is 21.3. The van der Waals surface area contributed by atoms with Crippen LogP contribution in [0.25, 0.3) is 0 Å². The maximum atomic E-state index is 11.0. The Morgan fingerprint density at radius 3 is 2.58 bits per heavy atom. The lowest BCUT2D eigenvalue weighted by molar-refractivity contribution is -0.384. The average Bonchev–Trinajstić information content (AvgIpc) is 2.39. The van der Waals surface area contributed by atoms with E-state index in [1.54, 1.807) is 0 Å². The van der Waals surface area contributed by atoms with Crippen LogP contribution in [0.1, 0.15) is 10.4 Å². The van der Waals surface area contributed by atoms with Gasteiger partial charge in [0.05, 0.1) is 11.5 Å². The molecule has 3 N–H and O–H groups in total. The molecule has 0 spiro atoms. The zero-order valence-corrected chi connectivity index (χ0v) is 10.6. The van der Waals surface area contributed by atoms with Crippen LogP contribution in [0.15, 0.2) is 18.2 Å². The van der Waals surface area contributed by atoms with Gasteiger partial charge >= 0.3 is 0 Å². The number of carbonyl (C=O) groups excluding carboxylic acids is 1. The number of primary amides is 1. The molecule has 104 valence electrons. The fourth-order valence-corrected chi connectivity index (χ4v) is 1.44. The summed E-state index contributed by atoms with van der Waals surface area (Å²) >= 11 is 0. The Labute approximate surface area is 109 Å². The number of hydrogen-bond donors (Lipinski definition) is 2. The van der Waals surface area contributed by atoms with E-state index >= 15 is 0 Å². The van der Waals surface area contributed by atoms with Gasteiger partial charge in [-0.1, -0.05) is 0 Å². The first-order valence-corrected chi connectivity index (χ1v) is 5.37. The third-order valence-electron chi connectivity index (χ3n) is 2.46. The topological polar surface area (TPSA) is 117 Å². The van der Waals surface area contributed by atoms with E-state index in [9.17, 15) is 14.9 Å². The number of methoxy groups -OCH3 is 2. The number of rotatable bonds is 7. The number of nitrogens with two attached hydrogens (primary N) is 1. The van der Waals surface area contributed by atoms with Gasteiger partial charge in [-0.25, -0.2) is 0 Å². The SMILES string of the molecule is COC(CNc1ccc(C(N)=O)cc1[N+](=O)[O-])OC. The minimum absolute atomic E-state index is 0.0762. The molecule has 8 nitrogen and oxygen atoms in total. The number of amides is 1. The van der Waals surface area contributed by atoms with Crippen molar-refractivity contribution in [1.82, 2.24) is 0 Å². The summed E-state index contributed by atoms with van der Waals surface area (Å²) in [5.74, 6) is -0.721. The van der Waals surface area contributed by atoms with Crippen LogP contribution < -0.4 is 11.1 Å². The number of hydrogen-bond acceptors (Lipinski definition) is 6. The van der Waals surface area contributed by atoms with Crippen molar-refractivity contribution in [3.63, 3.8) is 0 Å². The molecule has 0 radical (unpaired) electrons. The van der Waals surface area contributed by atoms with E-state index in [0.717, 1.165) is 6.07 Å². The van der Waals surface area contributed by atoms with Crippen molar-refractivity contribution in [2.75, 3.05) is 26.1 Å². The zero-order valence-electron chi connectivity index (χ0n) is 10.6. The summed E-state index contributed by atoms with van der Waals surface area (Å²) in [6.45, 7) is 0.226. The van der Waals surface area contributed by atoms with Crippen molar-refractivity contribution < 1.29 is 19.2 Å². The second-order valence-electron chi connectivity index (χ2n) is 3.64. The summed E-state index contributed by atoms with van der Waals surface area (Å²) in [6, 6.07) is 3.95. The number of nitro benzene ring substituents is 1. The third-order valence-corrected chi connectivity index (χ3v) is 2.46. The fourth-order valence-electron chi connectivity index (χ4n) is 1.44. The van der Waals surface area contributed by atoms with E-state index in [1.807, 2.05) is 0 Å². The largest absolute Gasteiger partial charge is 0.374 e. The molecule has 8 heteroatoms. The van der Waals surface area contributed by atoms with Crippen LogP contribution in [-0.4, -0.2) is 37.9 Å². The normalized spacial score (nSPS) is 10.5. The van der Waals surface area contributed by atoms with Crippen molar-refractivity contribution in [3.8, 4) is 0 Å². The first kappa shape index (κ1) is 14.9. The van der Waals surface area contributed by atoms with Crippen molar-refractivity contribution >= 4 is 17.3 Å². The first-order chi connectivity index (χ1) is 8.99. The number of benzene rings is 1. The van der Waals surface area contributed by atoms with Crippen molar-refractivity contribution in [2.45, 2.75) is 6.29 Å². The number of nitrogens with one attached hydrogen (secondary N) is 1. The molecule has 0 saturated carbocycles. The van der Waals surface area contributed by atoms with Crippen LogP contribution in [0.5, 0.6) is 0 Å². The average molecular weight is 269 g/mol. The lowest BCUT2D eigenvalue weighted by atomic mass is 10.1. The van der Waals surface area contributed by atoms with Crippen LogP contribution >= 0.6 is 0 Å². The Hall–Kier alpha value is -2.19. The van der Waals surface area contributed by atoms with Gasteiger partial charge in [0.1, 0.15) is 5.69 Å². The molecule has 0 unspecified atom stereocenters. The highest BCUT2D eigenvalue weighted by atomic mass is 16.7. The molecular weight excluding hydrogens is 254 g/mol. The third kappa shape index (κ3) is 3.90. The molecule has 0 aliphatic rings. The molecule has 0 heterocycles. The Bertz CT molecular complexity index is 473. The quantitative estimate of drug-likeness (QED) is 0.428. The van der Waals surface area contributed by atoms with Gasteiger partial charge in [-0.15, -0.1) is 0 Å². The van der Waals surface area contributed by atoms with Gasteiger partial charge in [-0.05, 0) is 12.1 Å². The maximum absolute atomic E-state index is 11.0. The molecule has 0 fully saturated rings. The van der Waals surface area contributed by atoms with Crippen molar-refractivity contribution in [1.29, 1.82) is 0 Å².